The predicted octanol–water partition coefficient (Wildman–Crippen LogP) is 4.74. The van der Waals surface area contributed by atoms with Gasteiger partial charge < -0.3 is 15.4 Å². The van der Waals surface area contributed by atoms with Crippen LogP contribution in [0.25, 0.3) is 0 Å². The Morgan fingerprint density at radius 2 is 1.63 bits per heavy atom. The number of fused-ring (bicyclic) bond motifs is 1. The van der Waals surface area contributed by atoms with Gasteiger partial charge in [0, 0.05) is 11.3 Å². The van der Waals surface area contributed by atoms with Crippen LogP contribution in [0, 0.1) is 17.8 Å². The molecule has 4 saturated carbocycles. The molecule has 154 valence electrons. The zero-order valence-electron chi connectivity index (χ0n) is 16.9. The first kappa shape index (κ1) is 18.0. The van der Waals surface area contributed by atoms with Crippen molar-refractivity contribution in [2.45, 2.75) is 43.9 Å². The number of hydrogen-bond acceptors (Lipinski definition) is 3. The van der Waals surface area contributed by atoms with Crippen LogP contribution in [-0.2, 0) is 10.2 Å². The van der Waals surface area contributed by atoms with E-state index in [-0.39, 0.29) is 18.4 Å². The summed E-state index contributed by atoms with van der Waals surface area (Å²) in [6.07, 6.45) is 8.37. The minimum Gasteiger partial charge on any atom is -0.482 e. The number of benzene rings is 2. The lowest BCUT2D eigenvalue weighted by Crippen LogP contribution is -2.48. The third kappa shape index (κ3) is 2.99. The number of anilines is 2. The normalized spacial score (nSPS) is 30.9. The standard InChI is InChI=1S/C25H26N2O3/c28-23-14-30-22-10-18(1-6-21(22)27-23)24(29)26-20-4-2-19(3-5-20)25-11-15-7-16(12-25)9-17(8-15)13-25/h1-6,10,15-17H,7-9,11-14H2,(H,26,29)(H,27,28). The maximum absolute atomic E-state index is 12.7. The van der Waals surface area contributed by atoms with E-state index in [1.807, 2.05) is 12.1 Å². The minimum atomic E-state index is -0.182. The topological polar surface area (TPSA) is 67.4 Å². The van der Waals surface area contributed by atoms with Gasteiger partial charge in [0.2, 0.25) is 0 Å². The van der Waals surface area contributed by atoms with Crippen LogP contribution >= 0.6 is 0 Å². The van der Waals surface area contributed by atoms with Crippen LogP contribution in [0.5, 0.6) is 5.75 Å². The zero-order chi connectivity index (χ0) is 20.3. The van der Waals surface area contributed by atoms with E-state index < -0.39 is 0 Å². The first-order chi connectivity index (χ1) is 14.6. The van der Waals surface area contributed by atoms with Crippen LogP contribution in [0.3, 0.4) is 0 Å². The number of amides is 2. The summed E-state index contributed by atoms with van der Waals surface area (Å²) < 4.78 is 5.42. The third-order valence-electron chi connectivity index (χ3n) is 7.67. The molecule has 4 aliphatic carbocycles. The van der Waals surface area contributed by atoms with Crippen molar-refractivity contribution in [2.24, 2.45) is 17.8 Å². The number of nitrogens with one attached hydrogen (secondary N) is 2. The van der Waals surface area contributed by atoms with Crippen molar-refractivity contribution in [2.75, 3.05) is 17.2 Å². The van der Waals surface area contributed by atoms with Crippen LogP contribution in [-0.4, -0.2) is 18.4 Å². The van der Waals surface area contributed by atoms with E-state index in [1.165, 1.54) is 44.1 Å². The largest absolute Gasteiger partial charge is 0.482 e. The second-order valence-corrected chi connectivity index (χ2v) is 9.78. The van der Waals surface area contributed by atoms with Crippen molar-refractivity contribution in [3.05, 3.63) is 53.6 Å². The molecule has 5 heteroatoms. The second-order valence-electron chi connectivity index (χ2n) is 9.78. The maximum Gasteiger partial charge on any atom is 0.262 e. The lowest BCUT2D eigenvalue weighted by molar-refractivity contribution is -0.118. The number of carbonyl (C=O) groups is 2. The Bertz CT molecular complexity index is 992. The van der Waals surface area contributed by atoms with Gasteiger partial charge >= 0.3 is 0 Å². The SMILES string of the molecule is O=C1COc2cc(C(=O)Nc3ccc(C45CC6CC(CC(C6)C4)C5)cc3)ccc2N1. The molecular weight excluding hydrogens is 376 g/mol. The number of rotatable bonds is 3. The van der Waals surface area contributed by atoms with Crippen molar-refractivity contribution >= 4 is 23.2 Å². The molecule has 0 spiro atoms. The molecule has 30 heavy (non-hydrogen) atoms. The Labute approximate surface area is 176 Å². The van der Waals surface area contributed by atoms with E-state index in [0.717, 1.165) is 23.4 Å². The van der Waals surface area contributed by atoms with Gasteiger partial charge in [0.15, 0.2) is 6.61 Å². The highest BCUT2D eigenvalue weighted by atomic mass is 16.5. The van der Waals surface area contributed by atoms with E-state index in [9.17, 15) is 9.59 Å². The van der Waals surface area contributed by atoms with Crippen LogP contribution in [0.1, 0.15) is 54.4 Å². The highest BCUT2D eigenvalue weighted by molar-refractivity contribution is 6.05. The molecule has 2 aromatic rings. The van der Waals surface area contributed by atoms with Gasteiger partial charge in [-0.3, -0.25) is 9.59 Å². The Balaban J connectivity index is 1.18. The quantitative estimate of drug-likeness (QED) is 0.779. The summed E-state index contributed by atoms with van der Waals surface area (Å²) in [4.78, 5) is 24.1. The minimum absolute atomic E-state index is 0.0240. The summed E-state index contributed by atoms with van der Waals surface area (Å²) in [7, 11) is 0. The summed E-state index contributed by atoms with van der Waals surface area (Å²) >= 11 is 0. The monoisotopic (exact) mass is 402 g/mol. The van der Waals surface area contributed by atoms with Crippen LogP contribution in [0.15, 0.2) is 42.5 Å². The smallest absolute Gasteiger partial charge is 0.262 e. The molecule has 5 aliphatic rings. The predicted molar refractivity (Wildman–Crippen MR) is 115 cm³/mol. The molecule has 2 aromatic carbocycles. The fourth-order valence-corrected chi connectivity index (χ4v) is 6.79. The average Bonchev–Trinajstić information content (AvgIpc) is 2.73. The van der Waals surface area contributed by atoms with Gasteiger partial charge in [0.05, 0.1) is 5.69 Å². The molecule has 2 amide bonds. The molecule has 5 nitrogen and oxygen atoms in total. The molecule has 0 aromatic heterocycles. The molecule has 0 radical (unpaired) electrons. The van der Waals surface area contributed by atoms with Crippen molar-refractivity contribution < 1.29 is 14.3 Å². The van der Waals surface area contributed by atoms with Crippen molar-refractivity contribution in [3.63, 3.8) is 0 Å². The Morgan fingerprint density at radius 3 is 2.30 bits per heavy atom. The van der Waals surface area contributed by atoms with Crippen LogP contribution < -0.4 is 15.4 Å². The van der Waals surface area contributed by atoms with E-state index in [0.29, 0.717) is 22.4 Å². The van der Waals surface area contributed by atoms with Gasteiger partial charge in [0.25, 0.3) is 11.8 Å². The molecule has 0 unspecified atom stereocenters. The van der Waals surface area contributed by atoms with Crippen LogP contribution in [0.2, 0.25) is 0 Å². The third-order valence-corrected chi connectivity index (χ3v) is 7.67. The van der Waals surface area contributed by atoms with Gasteiger partial charge in [-0.15, -0.1) is 0 Å². The molecule has 1 aliphatic heterocycles. The number of hydrogen-bond donors (Lipinski definition) is 2. The van der Waals surface area contributed by atoms with Crippen molar-refractivity contribution in [1.29, 1.82) is 0 Å². The van der Waals surface area contributed by atoms with E-state index in [1.54, 1.807) is 18.2 Å². The van der Waals surface area contributed by atoms with Gasteiger partial charge in [-0.1, -0.05) is 12.1 Å². The highest BCUT2D eigenvalue weighted by Crippen LogP contribution is 2.60. The lowest BCUT2D eigenvalue weighted by Gasteiger charge is -2.57. The van der Waals surface area contributed by atoms with Crippen molar-refractivity contribution in [3.8, 4) is 5.75 Å². The summed E-state index contributed by atoms with van der Waals surface area (Å²) in [6.45, 7) is -0.0240. The average molecular weight is 402 g/mol. The second kappa shape index (κ2) is 6.59. The Morgan fingerprint density at radius 1 is 0.967 bits per heavy atom. The molecule has 2 N–H and O–H groups in total. The van der Waals surface area contributed by atoms with E-state index >= 15 is 0 Å². The maximum atomic E-state index is 12.7. The summed E-state index contributed by atoms with van der Waals surface area (Å²) in [6, 6.07) is 13.6. The molecule has 4 fully saturated rings. The number of carbonyl (C=O) groups excluding carboxylic acids is 2. The molecule has 0 saturated heterocycles. The molecule has 7 rings (SSSR count). The van der Waals surface area contributed by atoms with Crippen molar-refractivity contribution in [1.82, 2.24) is 0 Å². The van der Waals surface area contributed by atoms with Gasteiger partial charge in [-0.25, -0.2) is 0 Å². The molecule has 0 atom stereocenters. The fraction of sp³-hybridized carbons (Fsp3) is 0.440. The molecular formula is C25H26N2O3. The van der Waals surface area contributed by atoms with Crippen LogP contribution in [0.4, 0.5) is 11.4 Å². The summed E-state index contributed by atoms with van der Waals surface area (Å²) in [5, 5.41) is 5.73. The van der Waals surface area contributed by atoms with E-state index in [2.05, 4.69) is 22.8 Å². The Hall–Kier alpha value is -2.82. The zero-order valence-corrected chi connectivity index (χ0v) is 16.9. The van der Waals surface area contributed by atoms with Gasteiger partial charge in [-0.2, -0.15) is 0 Å². The number of ether oxygens (including phenoxy) is 1. The summed E-state index contributed by atoms with van der Waals surface area (Å²) in [5.74, 6) is 2.93. The first-order valence-corrected chi connectivity index (χ1v) is 11.0. The molecule has 4 bridgehead atoms. The van der Waals surface area contributed by atoms with Gasteiger partial charge in [0.1, 0.15) is 5.75 Å². The fourth-order valence-electron chi connectivity index (χ4n) is 6.79. The first-order valence-electron chi connectivity index (χ1n) is 11.0. The lowest BCUT2D eigenvalue weighted by atomic mass is 9.48. The van der Waals surface area contributed by atoms with Gasteiger partial charge in [-0.05, 0) is 97.6 Å². The van der Waals surface area contributed by atoms with E-state index in [4.69, 9.17) is 4.74 Å². The highest BCUT2D eigenvalue weighted by Gasteiger charge is 2.51. The Kier molecular flexibility index (Phi) is 3.95. The molecule has 1 heterocycles. The summed E-state index contributed by atoms with van der Waals surface area (Å²) in [5.41, 5.74) is 3.74.